The minimum atomic E-state index is -0.653. The molecule has 3 rings (SSSR count). The summed E-state index contributed by atoms with van der Waals surface area (Å²) >= 11 is 5.68. The average molecular weight is 372 g/mol. The molecular formula is C19H15ClFN3O2. The van der Waals surface area contributed by atoms with Gasteiger partial charge in [-0.1, -0.05) is 41.4 Å². The molecule has 0 radical (unpaired) electrons. The lowest BCUT2D eigenvalue weighted by Crippen LogP contribution is -2.29. The van der Waals surface area contributed by atoms with Gasteiger partial charge in [0.25, 0.3) is 5.56 Å². The number of nitrogens with zero attached hydrogens (tertiary/aromatic N) is 2. The van der Waals surface area contributed by atoms with E-state index >= 15 is 0 Å². The molecule has 7 heteroatoms. The van der Waals surface area contributed by atoms with Gasteiger partial charge in [0.05, 0.1) is 11.4 Å². The lowest BCUT2D eigenvalue weighted by atomic mass is 10.1. The number of aryl methyl sites for hydroxylation is 1. The quantitative estimate of drug-likeness (QED) is 0.761. The molecule has 0 saturated carbocycles. The number of nitrogens with one attached hydrogen (secondary N) is 1. The van der Waals surface area contributed by atoms with E-state index in [-0.39, 0.29) is 17.3 Å². The van der Waals surface area contributed by atoms with Crippen molar-refractivity contribution in [3.05, 3.63) is 81.4 Å². The Balaban J connectivity index is 1.80. The molecule has 1 N–H and O–H groups in total. The van der Waals surface area contributed by atoms with Crippen LogP contribution in [0.4, 0.5) is 10.1 Å². The Bertz CT molecular complexity index is 1020. The predicted molar refractivity (Wildman–Crippen MR) is 98.7 cm³/mol. The van der Waals surface area contributed by atoms with Crippen LogP contribution in [-0.4, -0.2) is 15.7 Å². The van der Waals surface area contributed by atoms with Crippen molar-refractivity contribution in [3.63, 3.8) is 0 Å². The summed E-state index contributed by atoms with van der Waals surface area (Å²) in [5.41, 5.74) is 2.06. The van der Waals surface area contributed by atoms with Crippen LogP contribution in [0.2, 0.25) is 5.02 Å². The molecule has 0 fully saturated rings. The highest BCUT2D eigenvalue weighted by molar-refractivity contribution is 6.30. The van der Waals surface area contributed by atoms with E-state index in [9.17, 15) is 14.0 Å². The molecule has 1 heterocycles. The first-order valence-corrected chi connectivity index (χ1v) is 8.20. The molecule has 1 amide bonds. The van der Waals surface area contributed by atoms with Gasteiger partial charge in [0, 0.05) is 16.7 Å². The van der Waals surface area contributed by atoms with E-state index in [2.05, 4.69) is 10.4 Å². The van der Waals surface area contributed by atoms with Crippen LogP contribution in [0.25, 0.3) is 11.3 Å². The maximum Gasteiger partial charge on any atom is 0.267 e. The number of hydrogen-bond donors (Lipinski definition) is 1. The molecule has 0 spiro atoms. The molecule has 2 aromatic carbocycles. The molecule has 26 heavy (non-hydrogen) atoms. The Morgan fingerprint density at radius 1 is 1.15 bits per heavy atom. The Hall–Kier alpha value is -2.99. The second-order valence-electron chi connectivity index (χ2n) is 5.75. The van der Waals surface area contributed by atoms with Crippen molar-refractivity contribution in [1.29, 1.82) is 0 Å². The first-order chi connectivity index (χ1) is 12.4. The number of aromatic nitrogens is 2. The third-order valence-corrected chi connectivity index (χ3v) is 3.95. The zero-order valence-corrected chi connectivity index (χ0v) is 14.6. The van der Waals surface area contributed by atoms with E-state index in [0.717, 1.165) is 21.9 Å². The van der Waals surface area contributed by atoms with Crippen LogP contribution in [0, 0.1) is 12.7 Å². The summed E-state index contributed by atoms with van der Waals surface area (Å²) in [6.45, 7) is 1.64. The van der Waals surface area contributed by atoms with Gasteiger partial charge >= 0.3 is 0 Å². The van der Waals surface area contributed by atoms with E-state index in [1.54, 1.807) is 6.07 Å². The molecule has 132 valence electrons. The largest absolute Gasteiger partial charge is 0.322 e. The van der Waals surface area contributed by atoms with Gasteiger partial charge in [0.2, 0.25) is 5.91 Å². The molecule has 0 bridgehead atoms. The number of halogens is 2. The third-order valence-electron chi connectivity index (χ3n) is 3.71. The predicted octanol–water partition coefficient (Wildman–Crippen LogP) is 3.65. The van der Waals surface area contributed by atoms with Crippen LogP contribution in [0.15, 0.2) is 59.4 Å². The number of rotatable bonds is 4. The number of anilines is 1. The number of hydrogen-bond acceptors (Lipinski definition) is 3. The molecule has 0 aliphatic heterocycles. The normalized spacial score (nSPS) is 10.6. The van der Waals surface area contributed by atoms with Gasteiger partial charge < -0.3 is 5.32 Å². The summed E-state index contributed by atoms with van der Waals surface area (Å²) in [5, 5.41) is 6.85. The first kappa shape index (κ1) is 17.8. The molecule has 1 aromatic heterocycles. The van der Waals surface area contributed by atoms with Crippen molar-refractivity contribution in [2.24, 2.45) is 0 Å². The Labute approximate surface area is 154 Å². The summed E-state index contributed by atoms with van der Waals surface area (Å²) in [7, 11) is 0. The third kappa shape index (κ3) is 4.15. The molecule has 3 aromatic rings. The van der Waals surface area contributed by atoms with E-state index in [1.807, 2.05) is 31.2 Å². The number of amides is 1. The van der Waals surface area contributed by atoms with Gasteiger partial charge in [0.1, 0.15) is 12.4 Å². The van der Waals surface area contributed by atoms with Crippen LogP contribution < -0.4 is 10.9 Å². The molecular weight excluding hydrogens is 357 g/mol. The number of carbonyl (C=O) groups excluding carboxylic acids is 1. The van der Waals surface area contributed by atoms with Crippen molar-refractivity contribution in [3.8, 4) is 11.3 Å². The van der Waals surface area contributed by atoms with Crippen LogP contribution in [0.5, 0.6) is 0 Å². The van der Waals surface area contributed by atoms with Crippen molar-refractivity contribution < 1.29 is 9.18 Å². The highest BCUT2D eigenvalue weighted by atomic mass is 35.5. The fourth-order valence-corrected chi connectivity index (χ4v) is 2.52. The van der Waals surface area contributed by atoms with Crippen LogP contribution in [0.3, 0.4) is 0 Å². The van der Waals surface area contributed by atoms with Crippen molar-refractivity contribution in [2.45, 2.75) is 13.5 Å². The Kier molecular flexibility index (Phi) is 5.14. The van der Waals surface area contributed by atoms with Gasteiger partial charge in [-0.15, -0.1) is 0 Å². The first-order valence-electron chi connectivity index (χ1n) is 7.82. The highest BCUT2D eigenvalue weighted by Gasteiger charge is 2.11. The topological polar surface area (TPSA) is 64.0 Å². The van der Waals surface area contributed by atoms with Gasteiger partial charge in [-0.2, -0.15) is 5.10 Å². The van der Waals surface area contributed by atoms with Crippen molar-refractivity contribution in [1.82, 2.24) is 9.78 Å². The fraction of sp³-hybridized carbons (Fsp3) is 0.105. The van der Waals surface area contributed by atoms with Crippen LogP contribution in [0.1, 0.15) is 5.56 Å². The van der Waals surface area contributed by atoms with Gasteiger partial charge in [-0.3, -0.25) is 9.59 Å². The van der Waals surface area contributed by atoms with Gasteiger partial charge in [-0.25, -0.2) is 9.07 Å². The molecule has 0 aliphatic rings. The lowest BCUT2D eigenvalue weighted by molar-refractivity contribution is -0.117. The summed E-state index contributed by atoms with van der Waals surface area (Å²) in [6, 6.07) is 14.5. The molecule has 5 nitrogen and oxygen atoms in total. The number of carbonyl (C=O) groups is 1. The maximum atomic E-state index is 13.8. The lowest BCUT2D eigenvalue weighted by Gasteiger charge is -2.09. The average Bonchev–Trinajstić information content (AvgIpc) is 2.60. The van der Waals surface area contributed by atoms with E-state index in [1.165, 1.54) is 18.2 Å². The second kappa shape index (κ2) is 7.49. The summed E-state index contributed by atoms with van der Waals surface area (Å²) in [5.74, 6) is -1.22. The molecule has 0 aliphatic carbocycles. The minimum absolute atomic E-state index is 0.0119. The zero-order valence-electron chi connectivity index (χ0n) is 13.9. The second-order valence-corrected chi connectivity index (χ2v) is 6.19. The minimum Gasteiger partial charge on any atom is -0.322 e. The van der Waals surface area contributed by atoms with Crippen molar-refractivity contribution in [2.75, 3.05) is 5.32 Å². The van der Waals surface area contributed by atoms with Crippen molar-refractivity contribution >= 4 is 23.2 Å². The Morgan fingerprint density at radius 2 is 1.88 bits per heavy atom. The van der Waals surface area contributed by atoms with E-state index < -0.39 is 17.3 Å². The maximum absolute atomic E-state index is 13.8. The smallest absolute Gasteiger partial charge is 0.267 e. The van der Waals surface area contributed by atoms with Crippen LogP contribution >= 0.6 is 11.6 Å². The molecule has 0 atom stereocenters. The zero-order chi connectivity index (χ0) is 18.7. The highest BCUT2D eigenvalue weighted by Crippen LogP contribution is 2.19. The standard InChI is InChI=1S/C19H15ClFN3O2/c1-12-2-4-13(5-3-12)16-8-9-19(26)24(23-16)11-18(25)22-17-7-6-14(20)10-15(17)21/h2-10H,11H2,1H3,(H,22,25). The summed E-state index contributed by atoms with van der Waals surface area (Å²) in [4.78, 5) is 24.1. The van der Waals surface area contributed by atoms with Crippen LogP contribution in [-0.2, 0) is 11.3 Å². The summed E-state index contributed by atoms with van der Waals surface area (Å²) in [6.07, 6.45) is 0. The van der Waals surface area contributed by atoms with E-state index in [0.29, 0.717) is 5.69 Å². The summed E-state index contributed by atoms with van der Waals surface area (Å²) < 4.78 is 14.8. The molecule has 0 unspecified atom stereocenters. The fourth-order valence-electron chi connectivity index (χ4n) is 2.36. The Morgan fingerprint density at radius 3 is 2.58 bits per heavy atom. The van der Waals surface area contributed by atoms with Gasteiger partial charge in [-0.05, 0) is 31.2 Å². The van der Waals surface area contributed by atoms with E-state index in [4.69, 9.17) is 11.6 Å². The number of benzene rings is 2. The monoisotopic (exact) mass is 371 g/mol. The SMILES string of the molecule is Cc1ccc(-c2ccc(=O)n(CC(=O)Nc3ccc(Cl)cc3F)n2)cc1. The molecule has 0 saturated heterocycles. The van der Waals surface area contributed by atoms with Gasteiger partial charge in [0.15, 0.2) is 0 Å².